The van der Waals surface area contributed by atoms with Crippen molar-refractivity contribution >= 4 is 11.9 Å². The summed E-state index contributed by atoms with van der Waals surface area (Å²) in [6, 6.07) is 19.0. The highest BCUT2D eigenvalue weighted by Crippen LogP contribution is 2.16. The number of nitrogens with one attached hydrogen (secondary N) is 1. The first-order valence-corrected chi connectivity index (χ1v) is 7.75. The molecule has 0 fully saturated rings. The Kier molecular flexibility index (Phi) is 5.96. The first-order valence-electron chi connectivity index (χ1n) is 7.75. The quantitative estimate of drug-likeness (QED) is 0.771. The summed E-state index contributed by atoms with van der Waals surface area (Å²) in [7, 11) is 1.89. The second-order valence-corrected chi connectivity index (χ2v) is 5.60. The Labute approximate surface area is 133 Å². The van der Waals surface area contributed by atoms with Gasteiger partial charge in [0.1, 0.15) is 0 Å². The summed E-state index contributed by atoms with van der Waals surface area (Å²) in [6.07, 6.45) is 4.74. The molecule has 0 saturated carbocycles. The second kappa shape index (κ2) is 8.18. The molecule has 0 heterocycles. The van der Waals surface area contributed by atoms with Crippen LogP contribution < -0.4 is 5.32 Å². The van der Waals surface area contributed by atoms with Gasteiger partial charge in [-0.3, -0.25) is 4.99 Å². The third kappa shape index (κ3) is 4.59. The van der Waals surface area contributed by atoms with Crippen molar-refractivity contribution in [2.24, 2.45) is 4.99 Å². The molecule has 0 saturated heterocycles. The van der Waals surface area contributed by atoms with E-state index >= 15 is 0 Å². The van der Waals surface area contributed by atoms with Crippen molar-refractivity contribution in [3.63, 3.8) is 0 Å². The maximum atomic E-state index is 4.61. The molecular weight excluding hydrogens is 268 g/mol. The molecule has 22 heavy (non-hydrogen) atoms. The van der Waals surface area contributed by atoms with E-state index < -0.39 is 0 Å². The van der Waals surface area contributed by atoms with Crippen LogP contribution in [-0.4, -0.2) is 13.3 Å². The van der Waals surface area contributed by atoms with Gasteiger partial charge in [0, 0.05) is 31.4 Å². The number of rotatable bonds is 6. The molecule has 1 N–H and O–H groups in total. The van der Waals surface area contributed by atoms with Crippen LogP contribution in [0.2, 0.25) is 0 Å². The van der Waals surface area contributed by atoms with E-state index in [1.165, 1.54) is 11.1 Å². The van der Waals surface area contributed by atoms with E-state index in [1.54, 1.807) is 0 Å². The Morgan fingerprint density at radius 2 is 1.73 bits per heavy atom. The first-order chi connectivity index (χ1) is 10.7. The average Bonchev–Trinajstić information content (AvgIpc) is 2.55. The Hall–Kier alpha value is -2.35. The van der Waals surface area contributed by atoms with Crippen LogP contribution in [-0.2, 0) is 6.42 Å². The number of nitrogens with zero attached hydrogens (tertiary/aromatic N) is 1. The fraction of sp³-hybridized carbons (Fsp3) is 0.250. The summed E-state index contributed by atoms with van der Waals surface area (Å²) in [4.78, 5) is 4.61. The van der Waals surface area contributed by atoms with E-state index in [0.717, 1.165) is 17.7 Å². The van der Waals surface area contributed by atoms with Gasteiger partial charge in [0.25, 0.3) is 0 Å². The van der Waals surface area contributed by atoms with E-state index in [9.17, 15) is 0 Å². The van der Waals surface area contributed by atoms with Crippen LogP contribution in [0.4, 0.5) is 0 Å². The highest BCUT2D eigenvalue weighted by molar-refractivity contribution is 5.74. The molecule has 2 rings (SSSR count). The summed E-state index contributed by atoms with van der Waals surface area (Å²) in [6.45, 7) is 4.43. The lowest BCUT2D eigenvalue weighted by Gasteiger charge is -2.05. The fourth-order valence-electron chi connectivity index (χ4n) is 2.23. The van der Waals surface area contributed by atoms with Crippen molar-refractivity contribution in [2.45, 2.75) is 26.2 Å². The Balaban J connectivity index is 2.05. The second-order valence-electron chi connectivity index (χ2n) is 5.60. The monoisotopic (exact) mass is 292 g/mol. The average molecular weight is 292 g/mol. The van der Waals surface area contributed by atoms with Gasteiger partial charge in [-0.1, -0.05) is 68.4 Å². The van der Waals surface area contributed by atoms with Crippen LogP contribution in [0.15, 0.2) is 65.8 Å². The lowest BCUT2D eigenvalue weighted by atomic mass is 10.0. The molecule has 0 amide bonds. The van der Waals surface area contributed by atoms with Crippen LogP contribution in [0, 0.1) is 0 Å². The van der Waals surface area contributed by atoms with Gasteiger partial charge in [-0.15, -0.1) is 0 Å². The van der Waals surface area contributed by atoms with Crippen molar-refractivity contribution in [1.29, 1.82) is 0 Å². The van der Waals surface area contributed by atoms with Crippen LogP contribution in [0.1, 0.15) is 36.5 Å². The molecular formula is C20H24N2. The van der Waals surface area contributed by atoms with Crippen molar-refractivity contribution in [3.8, 4) is 0 Å². The Morgan fingerprint density at radius 3 is 2.32 bits per heavy atom. The molecule has 0 atom stereocenters. The molecule has 0 spiro atoms. The summed E-state index contributed by atoms with van der Waals surface area (Å²) >= 11 is 0. The van der Waals surface area contributed by atoms with Crippen molar-refractivity contribution < 1.29 is 0 Å². The van der Waals surface area contributed by atoms with Gasteiger partial charge in [0.2, 0.25) is 0 Å². The zero-order chi connectivity index (χ0) is 15.8. The maximum absolute atomic E-state index is 4.61. The Bertz CT molecular complexity index is 623. The molecule has 0 aliphatic carbocycles. The van der Waals surface area contributed by atoms with Gasteiger partial charge in [-0.2, -0.15) is 0 Å². The minimum absolute atomic E-state index is 0.575. The molecule has 114 valence electrons. The Morgan fingerprint density at radius 1 is 1.05 bits per heavy atom. The molecule has 2 heteroatoms. The molecule has 2 nitrogen and oxygen atoms in total. The van der Waals surface area contributed by atoms with E-state index in [4.69, 9.17) is 0 Å². The molecule has 2 aromatic rings. The first kappa shape index (κ1) is 16.0. The van der Waals surface area contributed by atoms with Crippen molar-refractivity contribution in [3.05, 3.63) is 77.5 Å². The predicted octanol–water partition coefficient (Wildman–Crippen LogP) is 4.64. The van der Waals surface area contributed by atoms with Crippen LogP contribution in [0.25, 0.3) is 5.70 Å². The predicted molar refractivity (Wildman–Crippen MR) is 96.2 cm³/mol. The topological polar surface area (TPSA) is 24.4 Å². The molecule has 0 bridgehead atoms. The molecule has 2 aromatic carbocycles. The van der Waals surface area contributed by atoms with Crippen LogP contribution in [0.5, 0.6) is 0 Å². The number of aliphatic imine (C=N–C) groups is 1. The summed E-state index contributed by atoms with van der Waals surface area (Å²) in [5.41, 5.74) is 4.72. The summed E-state index contributed by atoms with van der Waals surface area (Å²) in [5.74, 6) is 0.575. The minimum Gasteiger partial charge on any atom is -0.392 e. The normalized spacial score (nSPS) is 12.1. The number of benzene rings is 2. The van der Waals surface area contributed by atoms with Gasteiger partial charge >= 0.3 is 0 Å². The van der Waals surface area contributed by atoms with E-state index in [2.05, 4.69) is 60.6 Å². The van der Waals surface area contributed by atoms with Gasteiger partial charge < -0.3 is 5.32 Å². The van der Waals surface area contributed by atoms with E-state index in [-0.39, 0.29) is 0 Å². The van der Waals surface area contributed by atoms with Crippen LogP contribution >= 0.6 is 0 Å². The summed E-state index contributed by atoms with van der Waals surface area (Å²) < 4.78 is 0. The third-order valence-electron chi connectivity index (χ3n) is 3.55. The molecule has 0 aliphatic rings. The highest BCUT2D eigenvalue weighted by Gasteiger charge is 1.99. The zero-order valence-corrected chi connectivity index (χ0v) is 13.6. The standard InChI is InChI=1S/C20H24N2/c1-16(2)18-11-9-17(10-12-18)13-14-22-20(15-21-3)19-7-5-4-6-8-19/h4-12,14-16,21H,13H2,1-3H3/b20-15-,22-14-. The lowest BCUT2D eigenvalue weighted by Crippen LogP contribution is -1.96. The molecule has 0 unspecified atom stereocenters. The van der Waals surface area contributed by atoms with Crippen LogP contribution in [0.3, 0.4) is 0 Å². The molecule has 0 aromatic heterocycles. The van der Waals surface area contributed by atoms with Gasteiger partial charge in [0.05, 0.1) is 5.70 Å². The molecule has 0 radical (unpaired) electrons. The summed E-state index contributed by atoms with van der Waals surface area (Å²) in [5, 5.41) is 3.06. The largest absolute Gasteiger partial charge is 0.392 e. The SMILES string of the molecule is CN/C=C(\N=C/Cc1ccc(C(C)C)cc1)c1ccccc1. The van der Waals surface area contributed by atoms with Gasteiger partial charge in [-0.25, -0.2) is 0 Å². The number of hydrogen-bond acceptors (Lipinski definition) is 2. The fourth-order valence-corrected chi connectivity index (χ4v) is 2.23. The van der Waals surface area contributed by atoms with Crippen molar-refractivity contribution in [1.82, 2.24) is 5.32 Å². The van der Waals surface area contributed by atoms with E-state index in [0.29, 0.717) is 5.92 Å². The zero-order valence-electron chi connectivity index (χ0n) is 13.6. The highest BCUT2D eigenvalue weighted by atomic mass is 14.8. The lowest BCUT2D eigenvalue weighted by molar-refractivity contribution is 0.866. The van der Waals surface area contributed by atoms with Crippen molar-refractivity contribution in [2.75, 3.05) is 7.05 Å². The maximum Gasteiger partial charge on any atom is 0.0854 e. The van der Waals surface area contributed by atoms with E-state index in [1.807, 2.05) is 37.7 Å². The smallest absolute Gasteiger partial charge is 0.0854 e. The minimum atomic E-state index is 0.575. The molecule has 0 aliphatic heterocycles. The third-order valence-corrected chi connectivity index (χ3v) is 3.55. The number of hydrogen-bond donors (Lipinski definition) is 1. The van der Waals surface area contributed by atoms with Gasteiger partial charge in [-0.05, 0) is 17.0 Å². The van der Waals surface area contributed by atoms with Gasteiger partial charge in [0.15, 0.2) is 0 Å².